The number of benzene rings is 2. The molecule has 250 valence electrons. The SMILES string of the molecule is Cc1cc(-c2cc(CN3CCC(NC(=O)c4ccnc(-c5cc(C)c(C)c(C)c5)c4)CC3)ccn2)cc(C)c1C.O=C(O)/C=C\C(=O)O. The van der Waals surface area contributed by atoms with Gasteiger partial charge in [0.25, 0.3) is 5.91 Å². The van der Waals surface area contributed by atoms with Crippen LogP contribution < -0.4 is 5.32 Å². The summed E-state index contributed by atoms with van der Waals surface area (Å²) in [6.07, 6.45) is 6.65. The maximum Gasteiger partial charge on any atom is 0.328 e. The van der Waals surface area contributed by atoms with Gasteiger partial charge in [-0.25, -0.2) is 9.59 Å². The van der Waals surface area contributed by atoms with E-state index >= 15 is 0 Å². The molecule has 3 heterocycles. The van der Waals surface area contributed by atoms with Gasteiger partial charge in [-0.15, -0.1) is 0 Å². The van der Waals surface area contributed by atoms with Gasteiger partial charge in [0.15, 0.2) is 0 Å². The summed E-state index contributed by atoms with van der Waals surface area (Å²) in [5, 5.41) is 18.9. The van der Waals surface area contributed by atoms with Gasteiger partial charge in [-0.2, -0.15) is 0 Å². The van der Waals surface area contributed by atoms with Gasteiger partial charge in [0.05, 0.1) is 11.4 Å². The second-order valence-corrected chi connectivity index (χ2v) is 12.5. The molecule has 0 radical (unpaired) electrons. The van der Waals surface area contributed by atoms with Crippen LogP contribution in [0.4, 0.5) is 0 Å². The van der Waals surface area contributed by atoms with Crippen LogP contribution in [-0.4, -0.2) is 62.1 Å². The molecule has 5 rings (SSSR count). The quantitative estimate of drug-likeness (QED) is 0.178. The van der Waals surface area contributed by atoms with Gasteiger partial charge >= 0.3 is 11.9 Å². The van der Waals surface area contributed by atoms with Gasteiger partial charge < -0.3 is 15.5 Å². The van der Waals surface area contributed by atoms with Gasteiger partial charge in [-0.05, 0) is 142 Å². The van der Waals surface area contributed by atoms with Crippen LogP contribution in [-0.2, 0) is 16.1 Å². The number of likely N-dealkylation sites (tertiary alicyclic amines) is 1. The fourth-order valence-electron chi connectivity index (χ4n) is 5.73. The number of aliphatic carboxylic acids is 2. The molecule has 4 aromatic rings. The Kier molecular flexibility index (Phi) is 12.0. The lowest BCUT2D eigenvalue weighted by Gasteiger charge is -2.32. The number of aryl methyl sites for hydroxylation is 4. The van der Waals surface area contributed by atoms with Crippen LogP contribution in [0.15, 0.2) is 73.1 Å². The van der Waals surface area contributed by atoms with Crippen LogP contribution in [0, 0.1) is 41.5 Å². The van der Waals surface area contributed by atoms with Crippen LogP contribution in [0.3, 0.4) is 0 Å². The molecule has 1 amide bonds. The van der Waals surface area contributed by atoms with Crippen molar-refractivity contribution in [2.24, 2.45) is 0 Å². The Hall–Kier alpha value is -5.15. The van der Waals surface area contributed by atoms with E-state index in [0.717, 1.165) is 49.4 Å². The molecule has 3 N–H and O–H groups in total. The molecule has 1 saturated heterocycles. The minimum atomic E-state index is -1.26. The number of nitrogens with one attached hydrogen (secondary N) is 1. The Morgan fingerprint density at radius 1 is 0.729 bits per heavy atom. The van der Waals surface area contributed by atoms with Crippen LogP contribution in [0.25, 0.3) is 22.5 Å². The standard InChI is InChI=1S/C35H40N4O.C4H4O4/c1-22-15-30(16-23(2)26(22)5)33-19-28(7-11-36-33)21-39-13-9-32(10-14-39)38-35(40)29-8-12-37-34(20-29)31-17-24(3)27(6)25(4)18-31;5-3(6)1-2-4(7)8/h7-8,11-12,15-20,32H,9-10,13-14,21H2,1-6H3,(H,38,40);1-2H,(H,5,6)(H,7,8)/b;2-1-. The average Bonchev–Trinajstić information content (AvgIpc) is 3.06. The van der Waals surface area contributed by atoms with Crippen molar-refractivity contribution in [3.8, 4) is 22.5 Å². The number of carbonyl (C=O) groups is 3. The average molecular weight is 649 g/mol. The summed E-state index contributed by atoms with van der Waals surface area (Å²) in [6, 6.07) is 17.0. The van der Waals surface area contributed by atoms with Crippen molar-refractivity contribution < 1.29 is 24.6 Å². The Labute approximate surface area is 282 Å². The van der Waals surface area contributed by atoms with E-state index in [4.69, 9.17) is 10.2 Å². The number of amides is 1. The zero-order valence-corrected chi connectivity index (χ0v) is 28.5. The van der Waals surface area contributed by atoms with E-state index in [9.17, 15) is 14.4 Å². The molecule has 0 bridgehead atoms. The van der Waals surface area contributed by atoms with Crippen LogP contribution in [0.5, 0.6) is 0 Å². The molecule has 9 heteroatoms. The number of carbonyl (C=O) groups excluding carboxylic acids is 1. The molecule has 48 heavy (non-hydrogen) atoms. The number of piperidine rings is 1. The zero-order valence-electron chi connectivity index (χ0n) is 28.5. The Morgan fingerprint density at radius 2 is 1.19 bits per heavy atom. The van der Waals surface area contributed by atoms with E-state index in [0.29, 0.717) is 17.7 Å². The molecule has 2 aromatic carbocycles. The first kappa shape index (κ1) is 35.7. The van der Waals surface area contributed by atoms with Gasteiger partial charge in [0.2, 0.25) is 0 Å². The van der Waals surface area contributed by atoms with Gasteiger partial charge in [-0.3, -0.25) is 19.7 Å². The van der Waals surface area contributed by atoms with Crippen molar-refractivity contribution in [1.82, 2.24) is 20.2 Å². The summed E-state index contributed by atoms with van der Waals surface area (Å²) in [5.41, 5.74) is 13.7. The topological polar surface area (TPSA) is 133 Å². The lowest BCUT2D eigenvalue weighted by molar-refractivity contribution is -0.134. The van der Waals surface area contributed by atoms with Crippen LogP contribution >= 0.6 is 0 Å². The van der Waals surface area contributed by atoms with E-state index in [1.54, 1.807) is 12.3 Å². The molecule has 1 aliphatic rings. The zero-order chi connectivity index (χ0) is 35.0. The normalized spacial score (nSPS) is 13.5. The van der Waals surface area contributed by atoms with Crippen molar-refractivity contribution >= 4 is 17.8 Å². The number of rotatable bonds is 8. The summed E-state index contributed by atoms with van der Waals surface area (Å²) in [6.45, 7) is 15.7. The smallest absolute Gasteiger partial charge is 0.328 e. The summed E-state index contributed by atoms with van der Waals surface area (Å²) >= 11 is 0. The summed E-state index contributed by atoms with van der Waals surface area (Å²) < 4.78 is 0. The first-order valence-electron chi connectivity index (χ1n) is 16.0. The number of carboxylic acids is 2. The third-order valence-corrected chi connectivity index (χ3v) is 8.99. The minimum Gasteiger partial charge on any atom is -0.478 e. The molecule has 0 saturated carbocycles. The minimum absolute atomic E-state index is 0.0230. The molecular weight excluding hydrogens is 604 g/mol. The van der Waals surface area contributed by atoms with E-state index in [-0.39, 0.29) is 11.9 Å². The fourth-order valence-corrected chi connectivity index (χ4v) is 5.73. The van der Waals surface area contributed by atoms with Crippen molar-refractivity contribution in [2.45, 2.75) is 67.0 Å². The maximum atomic E-state index is 13.1. The first-order valence-corrected chi connectivity index (χ1v) is 16.0. The highest BCUT2D eigenvalue weighted by atomic mass is 16.4. The molecule has 0 aliphatic carbocycles. The number of pyridine rings is 2. The van der Waals surface area contributed by atoms with E-state index in [1.165, 1.54) is 44.5 Å². The van der Waals surface area contributed by atoms with E-state index in [2.05, 4.69) is 98.1 Å². The van der Waals surface area contributed by atoms with Gasteiger partial charge in [0.1, 0.15) is 0 Å². The van der Waals surface area contributed by atoms with E-state index < -0.39 is 11.9 Å². The Bertz CT molecular complexity index is 1780. The number of nitrogens with zero attached hydrogens (tertiary/aromatic N) is 3. The van der Waals surface area contributed by atoms with Crippen LogP contribution in [0.2, 0.25) is 0 Å². The van der Waals surface area contributed by atoms with Crippen molar-refractivity contribution in [1.29, 1.82) is 0 Å². The fraction of sp³-hybridized carbons (Fsp3) is 0.308. The number of hydrogen-bond donors (Lipinski definition) is 3. The second-order valence-electron chi connectivity index (χ2n) is 12.5. The molecule has 0 atom stereocenters. The summed E-state index contributed by atoms with van der Waals surface area (Å²) in [4.78, 5) is 43.9. The molecule has 9 nitrogen and oxygen atoms in total. The number of carboxylic acid groups (broad SMARTS) is 2. The maximum absolute atomic E-state index is 13.1. The highest BCUT2D eigenvalue weighted by Crippen LogP contribution is 2.26. The molecular formula is C39H44N4O5. The van der Waals surface area contributed by atoms with Crippen molar-refractivity contribution in [3.63, 3.8) is 0 Å². The monoisotopic (exact) mass is 648 g/mol. The van der Waals surface area contributed by atoms with Gasteiger partial charge in [-0.1, -0.05) is 0 Å². The lowest BCUT2D eigenvalue weighted by atomic mass is 9.98. The number of aromatic nitrogens is 2. The highest BCUT2D eigenvalue weighted by molar-refractivity contribution is 5.95. The summed E-state index contributed by atoms with van der Waals surface area (Å²) in [7, 11) is 0. The van der Waals surface area contributed by atoms with Gasteiger partial charge in [0, 0.05) is 66.9 Å². The van der Waals surface area contributed by atoms with Crippen molar-refractivity contribution in [3.05, 3.63) is 118 Å². The lowest BCUT2D eigenvalue weighted by Crippen LogP contribution is -2.44. The number of hydrogen-bond acceptors (Lipinski definition) is 6. The predicted octanol–water partition coefficient (Wildman–Crippen LogP) is 6.77. The van der Waals surface area contributed by atoms with E-state index in [1.807, 2.05) is 12.3 Å². The third-order valence-electron chi connectivity index (χ3n) is 8.99. The first-order chi connectivity index (χ1) is 22.8. The predicted molar refractivity (Wildman–Crippen MR) is 188 cm³/mol. The molecule has 2 aromatic heterocycles. The second kappa shape index (κ2) is 16.1. The molecule has 0 spiro atoms. The Morgan fingerprint density at radius 3 is 1.67 bits per heavy atom. The highest BCUT2D eigenvalue weighted by Gasteiger charge is 2.22. The summed E-state index contributed by atoms with van der Waals surface area (Å²) in [5.74, 6) is -2.54. The van der Waals surface area contributed by atoms with Crippen molar-refractivity contribution in [2.75, 3.05) is 13.1 Å². The largest absolute Gasteiger partial charge is 0.478 e. The Balaban J connectivity index is 0.000000579. The molecule has 1 aliphatic heterocycles. The van der Waals surface area contributed by atoms with Crippen LogP contribution in [0.1, 0.15) is 62.1 Å². The third kappa shape index (κ3) is 9.68. The molecule has 1 fully saturated rings. The molecule has 0 unspecified atom stereocenters.